The molecule has 9 heteroatoms. The van der Waals surface area contributed by atoms with Crippen molar-refractivity contribution in [1.29, 1.82) is 0 Å². The minimum absolute atomic E-state index is 0.123. The SMILES string of the molecule is CNC1Nn2c(=O)c(=C(O)NC3CC3)c(=O)n(CC(C)C)c2=C1/C=C/C1CCOCC1. The minimum Gasteiger partial charge on any atom is -0.494 e. The van der Waals surface area contributed by atoms with Gasteiger partial charge in [0.2, 0.25) is 5.88 Å². The highest BCUT2D eigenvalue weighted by Crippen LogP contribution is 2.19. The molecule has 0 radical (unpaired) electrons. The number of nitrogens with zero attached hydrogens (tertiary/aromatic N) is 2. The quantitative estimate of drug-likeness (QED) is 0.451. The van der Waals surface area contributed by atoms with Crippen LogP contribution in [0.15, 0.2) is 21.7 Å². The van der Waals surface area contributed by atoms with Crippen LogP contribution in [0.5, 0.6) is 0 Å². The van der Waals surface area contributed by atoms with E-state index in [9.17, 15) is 14.7 Å². The Labute approximate surface area is 181 Å². The number of ether oxygens (including phenoxy) is 1. The molecule has 4 rings (SSSR count). The molecule has 3 heterocycles. The highest BCUT2D eigenvalue weighted by atomic mass is 16.5. The lowest BCUT2D eigenvalue weighted by atomic mass is 9.98. The van der Waals surface area contributed by atoms with E-state index in [1.54, 1.807) is 11.6 Å². The zero-order valence-corrected chi connectivity index (χ0v) is 18.5. The summed E-state index contributed by atoms with van der Waals surface area (Å²) in [5, 5.41) is 16.4. The molecule has 2 aliphatic heterocycles. The summed E-state index contributed by atoms with van der Waals surface area (Å²) in [7, 11) is 1.81. The third kappa shape index (κ3) is 4.43. The Morgan fingerprint density at radius 3 is 2.55 bits per heavy atom. The fraction of sp³-hybridized carbons (Fsp3) is 0.636. The van der Waals surface area contributed by atoms with E-state index >= 15 is 0 Å². The molecule has 0 aromatic carbocycles. The Morgan fingerprint density at radius 2 is 1.94 bits per heavy atom. The van der Waals surface area contributed by atoms with Gasteiger partial charge in [-0.05, 0) is 44.6 Å². The van der Waals surface area contributed by atoms with Gasteiger partial charge in [0.05, 0.1) is 0 Å². The number of hydrogen-bond donors (Lipinski definition) is 4. The van der Waals surface area contributed by atoms with Gasteiger partial charge in [-0.2, -0.15) is 0 Å². The van der Waals surface area contributed by atoms with E-state index in [1.807, 2.05) is 19.9 Å². The highest BCUT2D eigenvalue weighted by Gasteiger charge is 2.28. The van der Waals surface area contributed by atoms with Crippen LogP contribution < -0.4 is 37.9 Å². The molecule has 0 amide bonds. The van der Waals surface area contributed by atoms with Gasteiger partial charge in [-0.25, -0.2) is 4.68 Å². The molecule has 1 saturated heterocycles. The van der Waals surface area contributed by atoms with Crippen LogP contribution in [0.3, 0.4) is 0 Å². The lowest BCUT2D eigenvalue weighted by molar-refractivity contribution is 0.0785. The topological polar surface area (TPSA) is 110 Å². The molecule has 0 spiro atoms. The van der Waals surface area contributed by atoms with Gasteiger partial charge in [0.25, 0.3) is 11.1 Å². The molecule has 9 nitrogen and oxygen atoms in total. The molecule has 4 N–H and O–H groups in total. The van der Waals surface area contributed by atoms with E-state index in [0.29, 0.717) is 17.9 Å². The third-order valence-corrected chi connectivity index (χ3v) is 5.98. The molecule has 0 bridgehead atoms. The van der Waals surface area contributed by atoms with Gasteiger partial charge in [-0.3, -0.25) is 24.9 Å². The fourth-order valence-corrected chi connectivity index (χ4v) is 4.15. The summed E-state index contributed by atoms with van der Waals surface area (Å²) in [6.45, 7) is 5.98. The van der Waals surface area contributed by atoms with E-state index in [-0.39, 0.29) is 29.2 Å². The molecule has 1 atom stereocenters. The largest absolute Gasteiger partial charge is 0.494 e. The first-order valence-corrected chi connectivity index (χ1v) is 11.2. The van der Waals surface area contributed by atoms with Crippen LogP contribution in [0.25, 0.3) is 11.5 Å². The van der Waals surface area contributed by atoms with Gasteiger partial charge in [-0.1, -0.05) is 26.0 Å². The smallest absolute Gasteiger partial charge is 0.289 e. The van der Waals surface area contributed by atoms with Gasteiger partial charge in [0.1, 0.15) is 11.6 Å². The molecule has 3 aliphatic rings. The van der Waals surface area contributed by atoms with Crippen molar-refractivity contribution < 1.29 is 9.84 Å². The number of allylic oxidation sites excluding steroid dienone is 1. The van der Waals surface area contributed by atoms with Crippen molar-refractivity contribution in [2.24, 2.45) is 11.8 Å². The highest BCUT2D eigenvalue weighted by molar-refractivity contribution is 5.63. The predicted octanol–water partition coefficient (Wildman–Crippen LogP) is -0.722. The van der Waals surface area contributed by atoms with Crippen molar-refractivity contribution in [3.05, 3.63) is 43.6 Å². The first kappa shape index (κ1) is 21.7. The number of rotatable bonds is 7. The molecule has 1 aliphatic carbocycles. The van der Waals surface area contributed by atoms with E-state index in [0.717, 1.165) is 44.5 Å². The maximum Gasteiger partial charge on any atom is 0.289 e. The van der Waals surface area contributed by atoms with Crippen LogP contribution in [-0.4, -0.2) is 46.8 Å². The summed E-state index contributed by atoms with van der Waals surface area (Å²) in [6.07, 6.45) is 7.61. The molecule has 170 valence electrons. The zero-order chi connectivity index (χ0) is 22.1. The number of nitrogens with one attached hydrogen (secondary N) is 3. The second-order valence-electron chi connectivity index (χ2n) is 9.03. The van der Waals surface area contributed by atoms with Gasteiger partial charge < -0.3 is 15.2 Å². The summed E-state index contributed by atoms with van der Waals surface area (Å²) < 4.78 is 8.45. The van der Waals surface area contributed by atoms with E-state index in [1.165, 1.54) is 4.68 Å². The van der Waals surface area contributed by atoms with E-state index in [4.69, 9.17) is 4.74 Å². The fourth-order valence-electron chi connectivity index (χ4n) is 4.15. The average molecular weight is 432 g/mol. The van der Waals surface area contributed by atoms with Crippen molar-refractivity contribution in [1.82, 2.24) is 19.9 Å². The van der Waals surface area contributed by atoms with Crippen LogP contribution in [0.2, 0.25) is 0 Å². The van der Waals surface area contributed by atoms with Crippen molar-refractivity contribution in [3.8, 4) is 0 Å². The first-order chi connectivity index (χ1) is 14.9. The molecular weight excluding hydrogens is 398 g/mol. The monoisotopic (exact) mass is 431 g/mol. The van der Waals surface area contributed by atoms with E-state index in [2.05, 4.69) is 22.1 Å². The van der Waals surface area contributed by atoms with Gasteiger partial charge >= 0.3 is 0 Å². The summed E-state index contributed by atoms with van der Waals surface area (Å²) in [4.78, 5) is 26.7. The summed E-state index contributed by atoms with van der Waals surface area (Å²) in [5.41, 5.74) is 3.53. The predicted molar refractivity (Wildman–Crippen MR) is 120 cm³/mol. The Kier molecular flexibility index (Phi) is 6.24. The molecule has 1 saturated carbocycles. The average Bonchev–Trinajstić information content (AvgIpc) is 3.47. The van der Waals surface area contributed by atoms with Crippen molar-refractivity contribution >= 4 is 11.5 Å². The van der Waals surface area contributed by atoms with Gasteiger partial charge in [0, 0.05) is 31.4 Å². The number of aromatic nitrogens is 2. The second-order valence-corrected chi connectivity index (χ2v) is 9.03. The van der Waals surface area contributed by atoms with Crippen molar-refractivity contribution in [2.75, 3.05) is 25.7 Å². The minimum atomic E-state index is -0.541. The molecule has 1 unspecified atom stereocenters. The standard InChI is InChI=1S/C22H33N5O4/c1-13(2)12-26-20-16(7-4-14-8-10-31-11-9-14)18(23-3)25-27(20)22(30)17(21(26)29)19(28)24-15-5-6-15/h4,7,13-15,18,23-25,28H,5-6,8-12H2,1-3H3/b7-4+,19-17?. The van der Waals surface area contributed by atoms with Crippen molar-refractivity contribution in [3.63, 3.8) is 0 Å². The van der Waals surface area contributed by atoms with Crippen molar-refractivity contribution in [2.45, 2.75) is 58.3 Å². The number of aliphatic hydroxyl groups excluding tert-OH is 1. The van der Waals surface area contributed by atoms with E-state index < -0.39 is 11.1 Å². The van der Waals surface area contributed by atoms with Crippen LogP contribution in [-0.2, 0) is 11.3 Å². The van der Waals surface area contributed by atoms with Gasteiger partial charge in [0.15, 0.2) is 5.22 Å². The maximum atomic E-state index is 13.4. The summed E-state index contributed by atoms with van der Waals surface area (Å²) in [6, 6.07) is 0.123. The number of aliphatic hydroxyl groups is 1. The summed E-state index contributed by atoms with van der Waals surface area (Å²) in [5.74, 6) is 0.254. The van der Waals surface area contributed by atoms with Crippen LogP contribution in [0.4, 0.5) is 0 Å². The van der Waals surface area contributed by atoms with Crippen LogP contribution >= 0.6 is 0 Å². The lowest BCUT2D eigenvalue weighted by Gasteiger charge is -2.19. The number of hydrogen-bond acceptors (Lipinski definition) is 7. The third-order valence-electron chi connectivity index (χ3n) is 5.98. The normalized spacial score (nSPS) is 22.7. The molecule has 2 fully saturated rings. The van der Waals surface area contributed by atoms with Crippen LogP contribution in [0, 0.1) is 11.8 Å². The molecule has 31 heavy (non-hydrogen) atoms. The first-order valence-electron chi connectivity index (χ1n) is 11.2. The Morgan fingerprint density at radius 1 is 1.23 bits per heavy atom. The second kappa shape index (κ2) is 8.92. The Bertz CT molecular complexity index is 1090. The zero-order valence-electron chi connectivity index (χ0n) is 18.5. The maximum absolute atomic E-state index is 13.4. The molecular formula is C22H33N5O4. The summed E-state index contributed by atoms with van der Waals surface area (Å²) >= 11 is 0. The Hall–Kier alpha value is -2.52. The lowest BCUT2D eigenvalue weighted by Crippen LogP contribution is -2.60. The Balaban J connectivity index is 1.93. The number of fused-ring (bicyclic) bond motifs is 1. The molecule has 1 aromatic heterocycles. The van der Waals surface area contributed by atoms with Gasteiger partial charge in [-0.15, -0.1) is 0 Å². The molecule has 1 aromatic rings. The van der Waals surface area contributed by atoms with Crippen LogP contribution in [0.1, 0.15) is 39.5 Å².